The predicted octanol–water partition coefficient (Wildman–Crippen LogP) is 4.77. The monoisotopic (exact) mass is 866 g/mol. The molecule has 0 bridgehead atoms. The fourth-order valence-corrected chi connectivity index (χ4v) is 8.10. The Morgan fingerprint density at radius 3 is 2.46 bits per heavy atom. The smallest absolute Gasteiger partial charge is 0.394 e. The number of nitrogens with zero attached hydrogens (tertiary/aromatic N) is 4. The number of sulfonamides is 1. The molecule has 0 spiro atoms. The third-order valence-electron chi connectivity index (χ3n) is 10.2. The summed E-state index contributed by atoms with van der Waals surface area (Å²) >= 11 is 6.57. The molecule has 2 saturated carbocycles. The van der Waals surface area contributed by atoms with E-state index in [1.54, 1.807) is 6.07 Å². The molecule has 2 aliphatic carbocycles. The van der Waals surface area contributed by atoms with Gasteiger partial charge in [-0.1, -0.05) is 23.6 Å². The Kier molecular flexibility index (Phi) is 11.0. The van der Waals surface area contributed by atoms with Gasteiger partial charge in [0, 0.05) is 54.7 Å². The van der Waals surface area contributed by atoms with Gasteiger partial charge in [-0.25, -0.2) is 22.2 Å². The Morgan fingerprint density at radius 2 is 1.83 bits per heavy atom. The molecule has 3 fully saturated rings. The molecule has 312 valence electrons. The first-order valence-electron chi connectivity index (χ1n) is 17.9. The van der Waals surface area contributed by atoms with Gasteiger partial charge in [-0.05, 0) is 60.6 Å². The van der Waals surface area contributed by atoms with Crippen LogP contribution in [0.4, 0.5) is 36.6 Å². The normalized spacial score (nSPS) is 21.3. The molecule has 59 heavy (non-hydrogen) atoms. The van der Waals surface area contributed by atoms with Crippen LogP contribution in [0.25, 0.3) is 22.0 Å². The summed E-state index contributed by atoms with van der Waals surface area (Å²) in [5.41, 5.74) is 2.33. The van der Waals surface area contributed by atoms with Crippen LogP contribution in [0.2, 0.25) is 5.02 Å². The van der Waals surface area contributed by atoms with E-state index in [4.69, 9.17) is 22.3 Å². The van der Waals surface area contributed by atoms with Crippen molar-refractivity contribution in [3.8, 4) is 23.0 Å². The first-order chi connectivity index (χ1) is 27.6. The average Bonchev–Trinajstić information content (AvgIpc) is 3.79. The molecule has 6 N–H and O–H groups in total. The number of carbonyl (C=O) groups excluding carboxylic acids is 1. The lowest BCUT2D eigenvalue weighted by Crippen LogP contribution is -2.48. The van der Waals surface area contributed by atoms with E-state index >= 15 is 8.78 Å². The van der Waals surface area contributed by atoms with E-state index in [9.17, 15) is 40.3 Å². The number of benzene rings is 2. The Labute approximate surface area is 337 Å². The number of alkyl halides is 5. The Bertz CT molecular complexity index is 2600. The minimum absolute atomic E-state index is 0.00302. The highest BCUT2D eigenvalue weighted by atomic mass is 35.5. The summed E-state index contributed by atoms with van der Waals surface area (Å²) in [5.74, 6) is -4.20. The molecule has 4 aromatic rings. The second-order valence-electron chi connectivity index (χ2n) is 14.6. The summed E-state index contributed by atoms with van der Waals surface area (Å²) in [7, 11) is -2.35. The lowest BCUT2D eigenvalue weighted by Gasteiger charge is -2.28. The van der Waals surface area contributed by atoms with E-state index in [1.165, 1.54) is 29.9 Å². The molecule has 1 unspecified atom stereocenters. The standard InChI is InChI=1S/C38H34ClF7N8O4S/c1-54-33-23(6-7-26(39)31(33)36(52-54)53-59(2,57)58)22-5-3-21(4-8-28(55)18-14-48-15-18)50-32(22)27(11-17-9-19(40)12-20(41)10-17)51-29(56)16-49-35-30(34(47)38(44,45)46)24-13-25(24)37(35,42)43/h3,5-7,9-10,12,18,24-25,27-28,48,55H,11,13-16,47H2,1-2H3,(H,51,56)(H,52,53)/t24-,25+,27-,28?/m0/s1. The number of carbonyl (C=O) groups is 1. The molecule has 3 aliphatic rings. The third kappa shape index (κ3) is 8.60. The van der Waals surface area contributed by atoms with Crippen molar-refractivity contribution in [2.24, 2.45) is 35.5 Å². The zero-order valence-electron chi connectivity index (χ0n) is 30.9. The number of nitrogens with one attached hydrogen (secondary N) is 3. The molecule has 1 saturated heterocycles. The van der Waals surface area contributed by atoms with Crippen molar-refractivity contribution in [1.82, 2.24) is 25.4 Å². The highest BCUT2D eigenvalue weighted by molar-refractivity contribution is 7.92. The second kappa shape index (κ2) is 15.4. The van der Waals surface area contributed by atoms with Gasteiger partial charge in [0.05, 0.1) is 33.9 Å². The molecule has 2 aromatic carbocycles. The summed E-state index contributed by atoms with van der Waals surface area (Å²) in [6.45, 7) is -0.0512. The SMILES string of the molecule is Cn1nc(NS(C)(=O)=O)c2c(Cl)ccc(-c3ccc(C#CC(O)C4CNC4)nc3[C@H](Cc3cc(F)cc(F)c3)NC(=O)CN=C3C(=C(N)C(F)(F)F)[C@H]4C[C@H]4C3(F)F)c21. The maximum atomic E-state index is 15.3. The van der Waals surface area contributed by atoms with Crippen molar-refractivity contribution in [1.29, 1.82) is 0 Å². The Balaban J connectivity index is 1.36. The molecule has 1 aliphatic heterocycles. The number of halogens is 8. The van der Waals surface area contributed by atoms with Gasteiger partial charge in [-0.2, -0.15) is 27.1 Å². The predicted molar refractivity (Wildman–Crippen MR) is 204 cm³/mol. The number of anilines is 1. The zero-order chi connectivity index (χ0) is 42.8. The minimum atomic E-state index is -5.14. The van der Waals surface area contributed by atoms with Crippen molar-refractivity contribution in [2.45, 2.75) is 37.1 Å². The summed E-state index contributed by atoms with van der Waals surface area (Å²) in [6.07, 6.45) is -5.89. The lowest BCUT2D eigenvalue weighted by molar-refractivity contribution is -0.120. The number of aryl methyl sites for hydroxylation is 1. The van der Waals surface area contributed by atoms with Gasteiger partial charge >= 0.3 is 6.18 Å². The van der Waals surface area contributed by atoms with Crippen molar-refractivity contribution in [2.75, 3.05) is 30.6 Å². The molecule has 12 nitrogen and oxygen atoms in total. The van der Waals surface area contributed by atoms with Crippen LogP contribution < -0.4 is 21.1 Å². The molecule has 0 radical (unpaired) electrons. The van der Waals surface area contributed by atoms with Crippen LogP contribution in [-0.4, -0.2) is 84.0 Å². The van der Waals surface area contributed by atoms with E-state index in [2.05, 4.69) is 37.3 Å². The van der Waals surface area contributed by atoms with Crippen LogP contribution in [0.3, 0.4) is 0 Å². The van der Waals surface area contributed by atoms with Crippen LogP contribution in [0.5, 0.6) is 0 Å². The van der Waals surface area contributed by atoms with E-state index in [-0.39, 0.29) is 63.0 Å². The fraction of sp³-hybridized carbons (Fsp3) is 0.368. The number of nitrogens with two attached hydrogens (primary N) is 1. The van der Waals surface area contributed by atoms with E-state index in [0.29, 0.717) is 24.7 Å². The van der Waals surface area contributed by atoms with Crippen molar-refractivity contribution in [3.63, 3.8) is 0 Å². The zero-order valence-corrected chi connectivity index (χ0v) is 32.5. The number of aliphatic imine (C=N–C) groups is 1. The van der Waals surface area contributed by atoms with Crippen LogP contribution >= 0.6 is 11.6 Å². The van der Waals surface area contributed by atoms with Gasteiger partial charge < -0.3 is 21.5 Å². The van der Waals surface area contributed by atoms with Gasteiger partial charge in [0.1, 0.15) is 41.4 Å². The summed E-state index contributed by atoms with van der Waals surface area (Å²) in [6, 6.07) is 7.25. The van der Waals surface area contributed by atoms with Gasteiger partial charge in [-0.3, -0.25) is 19.2 Å². The molecule has 4 atom stereocenters. The number of aliphatic hydroxyl groups excluding tert-OH is 1. The van der Waals surface area contributed by atoms with Crippen LogP contribution in [-0.2, 0) is 28.3 Å². The number of pyridine rings is 1. The maximum Gasteiger partial charge on any atom is 0.431 e. The molecule has 21 heteroatoms. The Morgan fingerprint density at radius 1 is 1.15 bits per heavy atom. The quantitative estimate of drug-likeness (QED) is 0.112. The van der Waals surface area contributed by atoms with E-state index < -0.39 is 87.2 Å². The maximum absolute atomic E-state index is 15.3. The number of allylic oxidation sites excluding steroid dienone is 2. The van der Waals surface area contributed by atoms with E-state index in [0.717, 1.165) is 18.4 Å². The molecule has 2 aromatic heterocycles. The van der Waals surface area contributed by atoms with E-state index in [1.807, 2.05) is 0 Å². The number of aliphatic hydroxyl groups is 1. The first kappa shape index (κ1) is 41.9. The number of rotatable bonds is 10. The van der Waals surface area contributed by atoms with Crippen LogP contribution in [0.15, 0.2) is 58.7 Å². The molecule has 3 heterocycles. The highest BCUT2D eigenvalue weighted by Crippen LogP contribution is 2.62. The Hall–Kier alpha value is -5.23. The van der Waals surface area contributed by atoms with Gasteiger partial charge in [-0.15, -0.1) is 0 Å². The van der Waals surface area contributed by atoms with Crippen molar-refractivity contribution in [3.05, 3.63) is 87.3 Å². The first-order valence-corrected chi connectivity index (χ1v) is 20.2. The topological polar surface area (TPSA) is 177 Å². The van der Waals surface area contributed by atoms with Crippen LogP contribution in [0.1, 0.15) is 29.4 Å². The number of hydrogen-bond donors (Lipinski definition) is 5. The van der Waals surface area contributed by atoms with Gasteiger partial charge in [0.25, 0.3) is 5.92 Å². The van der Waals surface area contributed by atoms with Gasteiger partial charge in [0.2, 0.25) is 15.9 Å². The second-order valence-corrected chi connectivity index (χ2v) is 16.7. The summed E-state index contributed by atoms with van der Waals surface area (Å²) in [5, 5.41) is 20.8. The minimum Gasteiger partial charge on any atom is -0.394 e. The van der Waals surface area contributed by atoms with Gasteiger partial charge in [0.15, 0.2) is 5.82 Å². The molecule has 1 amide bonds. The molecule has 7 rings (SSSR count). The van der Waals surface area contributed by atoms with Crippen molar-refractivity contribution < 1.29 is 49.1 Å². The average molecular weight is 867 g/mol. The molecular formula is C38H34ClF7N8O4S. The summed E-state index contributed by atoms with van der Waals surface area (Å²) in [4.78, 5) is 22.1. The van der Waals surface area contributed by atoms with Crippen molar-refractivity contribution >= 4 is 50.0 Å². The number of fused-ring (bicyclic) bond motifs is 2. The van der Waals surface area contributed by atoms with Crippen LogP contribution in [0, 0.1) is 41.2 Å². The highest BCUT2D eigenvalue weighted by Gasteiger charge is 2.68. The number of amides is 1. The largest absolute Gasteiger partial charge is 0.431 e. The summed E-state index contributed by atoms with van der Waals surface area (Å²) < 4.78 is 129. The lowest BCUT2D eigenvalue weighted by atomic mass is 9.93. The number of aromatic nitrogens is 3. The fourth-order valence-electron chi connectivity index (χ4n) is 7.37. The number of hydrogen-bond acceptors (Lipinski definition) is 9. The third-order valence-corrected chi connectivity index (χ3v) is 11.1. The molecular weight excluding hydrogens is 833 g/mol.